The highest BCUT2D eigenvalue weighted by atomic mass is 79.9. The molecule has 0 saturated carbocycles. The van der Waals surface area contributed by atoms with Crippen molar-refractivity contribution in [2.75, 3.05) is 12.0 Å². The van der Waals surface area contributed by atoms with Crippen molar-refractivity contribution in [3.8, 4) is 5.75 Å². The predicted octanol–water partition coefficient (Wildman–Crippen LogP) is 4.25. The number of amides is 2. The standard InChI is InChI=1S/C19H14BrClN2O3S/c1-10-7-12(20)4-5-15(10)23-18(25)13(17(24)22-19(23)27)8-11-3-6-16(26-2)14(21)9-11/h3-9H,1-2H3,(H,22,24,27)/b13-8+. The summed E-state index contributed by atoms with van der Waals surface area (Å²) in [5.41, 5.74) is 2.00. The van der Waals surface area contributed by atoms with Crippen molar-refractivity contribution in [2.24, 2.45) is 0 Å². The summed E-state index contributed by atoms with van der Waals surface area (Å²) in [5, 5.41) is 2.99. The third kappa shape index (κ3) is 3.90. The number of halogens is 2. The van der Waals surface area contributed by atoms with Gasteiger partial charge < -0.3 is 4.74 Å². The molecular formula is C19H14BrClN2O3S. The number of carbonyl (C=O) groups excluding carboxylic acids is 2. The van der Waals surface area contributed by atoms with E-state index < -0.39 is 11.8 Å². The fraction of sp³-hybridized carbons (Fsp3) is 0.105. The lowest BCUT2D eigenvalue weighted by molar-refractivity contribution is -0.122. The number of aryl methyl sites for hydroxylation is 1. The number of benzene rings is 2. The lowest BCUT2D eigenvalue weighted by atomic mass is 10.1. The molecule has 138 valence electrons. The average molecular weight is 466 g/mol. The van der Waals surface area contributed by atoms with Gasteiger partial charge in [-0.1, -0.05) is 33.6 Å². The number of carbonyl (C=O) groups is 2. The monoisotopic (exact) mass is 464 g/mol. The van der Waals surface area contributed by atoms with Crippen molar-refractivity contribution in [1.82, 2.24) is 5.32 Å². The molecule has 2 amide bonds. The van der Waals surface area contributed by atoms with Crippen LogP contribution in [-0.4, -0.2) is 24.0 Å². The molecule has 27 heavy (non-hydrogen) atoms. The van der Waals surface area contributed by atoms with E-state index in [2.05, 4.69) is 21.2 Å². The zero-order valence-corrected chi connectivity index (χ0v) is 17.5. The summed E-state index contributed by atoms with van der Waals surface area (Å²) >= 11 is 14.7. The summed E-state index contributed by atoms with van der Waals surface area (Å²) in [7, 11) is 1.51. The SMILES string of the molecule is COc1ccc(/C=C2\C(=O)NC(=S)N(c3ccc(Br)cc3C)C2=O)cc1Cl. The van der Waals surface area contributed by atoms with Gasteiger partial charge in [0.1, 0.15) is 11.3 Å². The molecule has 8 heteroatoms. The van der Waals surface area contributed by atoms with Gasteiger partial charge in [0.05, 0.1) is 17.8 Å². The van der Waals surface area contributed by atoms with Gasteiger partial charge in [0.2, 0.25) is 0 Å². The maximum Gasteiger partial charge on any atom is 0.270 e. The molecule has 0 atom stereocenters. The van der Waals surface area contributed by atoms with Crippen LogP contribution in [0.2, 0.25) is 5.02 Å². The van der Waals surface area contributed by atoms with E-state index >= 15 is 0 Å². The largest absolute Gasteiger partial charge is 0.495 e. The molecule has 0 spiro atoms. The molecule has 3 rings (SSSR count). The predicted molar refractivity (Wildman–Crippen MR) is 113 cm³/mol. The summed E-state index contributed by atoms with van der Waals surface area (Å²) < 4.78 is 6.00. The first-order chi connectivity index (χ1) is 12.8. The summed E-state index contributed by atoms with van der Waals surface area (Å²) in [4.78, 5) is 26.7. The quantitative estimate of drug-likeness (QED) is 0.418. The molecule has 1 N–H and O–H groups in total. The lowest BCUT2D eigenvalue weighted by Gasteiger charge is -2.30. The number of anilines is 1. The summed E-state index contributed by atoms with van der Waals surface area (Å²) in [6.07, 6.45) is 1.48. The van der Waals surface area contributed by atoms with Crippen molar-refractivity contribution in [1.29, 1.82) is 0 Å². The maximum atomic E-state index is 13.0. The van der Waals surface area contributed by atoms with E-state index in [9.17, 15) is 9.59 Å². The highest BCUT2D eigenvalue weighted by molar-refractivity contribution is 9.10. The smallest absolute Gasteiger partial charge is 0.270 e. The van der Waals surface area contributed by atoms with E-state index in [0.29, 0.717) is 22.0 Å². The van der Waals surface area contributed by atoms with Gasteiger partial charge in [0.15, 0.2) is 5.11 Å². The molecular weight excluding hydrogens is 452 g/mol. The Morgan fingerprint density at radius 2 is 1.96 bits per heavy atom. The zero-order valence-electron chi connectivity index (χ0n) is 14.4. The van der Waals surface area contributed by atoms with Crippen molar-refractivity contribution in [2.45, 2.75) is 6.92 Å². The number of nitrogens with zero attached hydrogens (tertiary/aromatic N) is 1. The number of thiocarbonyl (C=S) groups is 1. The van der Waals surface area contributed by atoms with Gasteiger partial charge in [0, 0.05) is 4.47 Å². The Morgan fingerprint density at radius 1 is 1.22 bits per heavy atom. The molecule has 1 aliphatic heterocycles. The van der Waals surface area contributed by atoms with Crippen molar-refractivity contribution in [3.05, 3.63) is 62.6 Å². The fourth-order valence-electron chi connectivity index (χ4n) is 2.69. The second-order valence-electron chi connectivity index (χ2n) is 5.78. The van der Waals surface area contributed by atoms with Crippen LogP contribution in [0.1, 0.15) is 11.1 Å². The van der Waals surface area contributed by atoms with Gasteiger partial charge in [-0.3, -0.25) is 19.8 Å². The zero-order chi connectivity index (χ0) is 19.7. The molecule has 1 saturated heterocycles. The Bertz CT molecular complexity index is 1010. The summed E-state index contributed by atoms with van der Waals surface area (Å²) in [5.74, 6) is -0.546. The Labute approximate surface area is 175 Å². The number of hydrogen-bond donors (Lipinski definition) is 1. The minimum absolute atomic E-state index is 0.0350. The van der Waals surface area contributed by atoms with Gasteiger partial charge >= 0.3 is 0 Å². The molecule has 0 bridgehead atoms. The normalized spacial score (nSPS) is 15.9. The molecule has 0 aromatic heterocycles. The number of ether oxygens (including phenoxy) is 1. The molecule has 0 aliphatic carbocycles. The lowest BCUT2D eigenvalue weighted by Crippen LogP contribution is -2.54. The van der Waals surface area contributed by atoms with E-state index in [0.717, 1.165) is 10.0 Å². The Morgan fingerprint density at radius 3 is 2.59 bits per heavy atom. The first kappa shape index (κ1) is 19.5. The van der Waals surface area contributed by atoms with Crippen LogP contribution < -0.4 is 15.0 Å². The first-order valence-electron chi connectivity index (χ1n) is 7.83. The highest BCUT2D eigenvalue weighted by Gasteiger charge is 2.35. The van der Waals surface area contributed by atoms with Crippen LogP contribution in [0.3, 0.4) is 0 Å². The van der Waals surface area contributed by atoms with E-state index in [4.69, 9.17) is 28.6 Å². The van der Waals surface area contributed by atoms with Crippen LogP contribution in [0, 0.1) is 6.92 Å². The van der Waals surface area contributed by atoms with Crippen LogP contribution >= 0.6 is 39.7 Å². The molecule has 2 aromatic rings. The molecule has 1 aliphatic rings. The van der Waals surface area contributed by atoms with Crippen LogP contribution in [0.4, 0.5) is 5.69 Å². The number of hydrogen-bond acceptors (Lipinski definition) is 4. The fourth-order valence-corrected chi connectivity index (χ4v) is 3.70. The average Bonchev–Trinajstić information content (AvgIpc) is 2.60. The molecule has 1 heterocycles. The third-order valence-corrected chi connectivity index (χ3v) is 5.06. The topological polar surface area (TPSA) is 58.6 Å². The van der Waals surface area contributed by atoms with Crippen LogP contribution in [0.5, 0.6) is 5.75 Å². The van der Waals surface area contributed by atoms with Crippen molar-refractivity contribution < 1.29 is 14.3 Å². The Hall–Kier alpha value is -2.22. The first-order valence-corrected chi connectivity index (χ1v) is 9.41. The minimum atomic E-state index is -0.553. The third-order valence-electron chi connectivity index (χ3n) is 3.99. The van der Waals surface area contributed by atoms with Crippen LogP contribution in [0.25, 0.3) is 6.08 Å². The second kappa shape index (κ2) is 7.80. The molecule has 2 aromatic carbocycles. The number of nitrogens with one attached hydrogen (secondary N) is 1. The van der Waals surface area contributed by atoms with E-state index in [1.54, 1.807) is 30.3 Å². The maximum absolute atomic E-state index is 13.0. The Kier molecular flexibility index (Phi) is 5.64. The second-order valence-corrected chi connectivity index (χ2v) is 7.49. The molecule has 0 radical (unpaired) electrons. The van der Waals surface area contributed by atoms with Crippen LogP contribution in [0.15, 0.2) is 46.4 Å². The van der Waals surface area contributed by atoms with E-state index in [1.807, 2.05) is 13.0 Å². The summed E-state index contributed by atoms with van der Waals surface area (Å²) in [6.45, 7) is 1.86. The van der Waals surface area contributed by atoms with Crippen molar-refractivity contribution in [3.63, 3.8) is 0 Å². The van der Waals surface area contributed by atoms with Gasteiger partial charge in [-0.25, -0.2) is 0 Å². The minimum Gasteiger partial charge on any atom is -0.495 e. The van der Waals surface area contributed by atoms with Gasteiger partial charge in [-0.05, 0) is 66.7 Å². The molecule has 0 unspecified atom stereocenters. The van der Waals surface area contributed by atoms with Crippen LogP contribution in [-0.2, 0) is 9.59 Å². The number of methoxy groups -OCH3 is 1. The molecule has 1 fully saturated rings. The van der Waals surface area contributed by atoms with E-state index in [-0.39, 0.29) is 10.7 Å². The van der Waals surface area contributed by atoms with Gasteiger partial charge in [0.25, 0.3) is 11.8 Å². The molecule has 5 nitrogen and oxygen atoms in total. The highest BCUT2D eigenvalue weighted by Crippen LogP contribution is 2.29. The Balaban J connectivity index is 2.03. The van der Waals surface area contributed by atoms with Gasteiger partial charge in [-0.15, -0.1) is 0 Å². The summed E-state index contributed by atoms with van der Waals surface area (Å²) in [6, 6.07) is 10.4. The van der Waals surface area contributed by atoms with E-state index in [1.165, 1.54) is 18.1 Å². The van der Waals surface area contributed by atoms with Crippen molar-refractivity contribution >= 4 is 68.4 Å². The number of rotatable bonds is 3. The van der Waals surface area contributed by atoms with Gasteiger partial charge in [-0.2, -0.15) is 0 Å².